The van der Waals surface area contributed by atoms with Gasteiger partial charge in [0.05, 0.1) is 6.54 Å². The monoisotopic (exact) mass is 271 g/mol. The minimum Gasteiger partial charge on any atom is -0.489 e. The van der Waals surface area contributed by atoms with Crippen LogP contribution in [0.2, 0.25) is 0 Å². The highest BCUT2D eigenvalue weighted by molar-refractivity contribution is 5.92. The van der Waals surface area contributed by atoms with E-state index in [1.807, 2.05) is 37.3 Å². The maximum absolute atomic E-state index is 5.60. The predicted molar refractivity (Wildman–Crippen MR) is 76.1 cm³/mol. The first-order chi connectivity index (χ1) is 8.08. The van der Waals surface area contributed by atoms with E-state index in [0.29, 0.717) is 6.54 Å². The van der Waals surface area contributed by atoms with Gasteiger partial charge in [0.25, 0.3) is 0 Å². The average molecular weight is 272 g/mol. The Morgan fingerprint density at radius 1 is 1.22 bits per heavy atom. The first-order valence-corrected chi connectivity index (χ1v) is 5.19. The Balaban J connectivity index is 0.00000289. The molecule has 0 aliphatic carbocycles. The van der Waals surface area contributed by atoms with Crippen LogP contribution >= 0.6 is 12.4 Å². The van der Waals surface area contributed by atoms with E-state index in [1.165, 1.54) is 0 Å². The average Bonchev–Trinajstić information content (AvgIpc) is 2.27. The topological polar surface area (TPSA) is 112 Å². The van der Waals surface area contributed by atoms with Gasteiger partial charge < -0.3 is 21.9 Å². The molecule has 1 unspecified atom stereocenters. The molecule has 0 saturated carbocycles. The van der Waals surface area contributed by atoms with Crippen molar-refractivity contribution in [2.45, 2.75) is 13.0 Å². The van der Waals surface area contributed by atoms with Crippen LogP contribution in [0.3, 0.4) is 0 Å². The van der Waals surface area contributed by atoms with Gasteiger partial charge in [0.1, 0.15) is 11.9 Å². The molecule has 1 atom stereocenters. The molecule has 0 fully saturated rings. The second-order valence-electron chi connectivity index (χ2n) is 3.48. The third kappa shape index (κ3) is 6.59. The van der Waals surface area contributed by atoms with Crippen molar-refractivity contribution in [3.8, 4) is 5.75 Å². The number of halogens is 1. The maximum atomic E-state index is 5.60. The third-order valence-corrected chi connectivity index (χ3v) is 1.83. The molecule has 1 rings (SSSR count). The summed E-state index contributed by atoms with van der Waals surface area (Å²) >= 11 is 0. The zero-order chi connectivity index (χ0) is 12.7. The second kappa shape index (κ2) is 8.19. The van der Waals surface area contributed by atoms with Crippen molar-refractivity contribution >= 4 is 24.3 Å². The smallest absolute Gasteiger partial charge is 0.218 e. The molecule has 18 heavy (non-hydrogen) atoms. The number of para-hydroxylation sites is 1. The van der Waals surface area contributed by atoms with Crippen LogP contribution in [0.15, 0.2) is 40.3 Å². The van der Waals surface area contributed by atoms with Crippen LogP contribution in [0, 0.1) is 0 Å². The molecule has 1 aromatic carbocycles. The molecular formula is C11H18ClN5O. The number of hydrogen-bond donors (Lipinski definition) is 3. The van der Waals surface area contributed by atoms with Crippen molar-refractivity contribution in [3.63, 3.8) is 0 Å². The number of hydrogen-bond acceptors (Lipinski definition) is 2. The van der Waals surface area contributed by atoms with Gasteiger partial charge >= 0.3 is 0 Å². The lowest BCUT2D eigenvalue weighted by molar-refractivity contribution is 0.230. The van der Waals surface area contributed by atoms with Crippen molar-refractivity contribution < 1.29 is 4.74 Å². The van der Waals surface area contributed by atoms with E-state index in [-0.39, 0.29) is 30.4 Å². The summed E-state index contributed by atoms with van der Waals surface area (Å²) < 4.78 is 5.60. The lowest BCUT2D eigenvalue weighted by Gasteiger charge is -2.12. The standard InChI is InChI=1S/C11H17N5O.ClH/c1-8(7-15-11(14)16-10(12)13)17-9-5-3-2-4-6-9;/h2-6,8H,7H2,1H3,(H6,12,13,14,15,16);1H. The number of ether oxygens (including phenoxy) is 1. The summed E-state index contributed by atoms with van der Waals surface area (Å²) in [5.74, 6) is 0.729. The molecule has 100 valence electrons. The second-order valence-corrected chi connectivity index (χ2v) is 3.48. The Labute approximate surface area is 112 Å². The van der Waals surface area contributed by atoms with E-state index < -0.39 is 0 Å². The molecule has 0 saturated heterocycles. The normalized spacial score (nSPS) is 12.2. The van der Waals surface area contributed by atoms with Crippen LogP contribution in [-0.2, 0) is 0 Å². The molecular weight excluding hydrogens is 254 g/mol. The Hall–Kier alpha value is -1.95. The molecule has 0 aliphatic heterocycles. The molecule has 6 N–H and O–H groups in total. The zero-order valence-corrected chi connectivity index (χ0v) is 10.9. The summed E-state index contributed by atoms with van der Waals surface area (Å²) in [7, 11) is 0. The van der Waals surface area contributed by atoms with Gasteiger partial charge in [-0.15, -0.1) is 12.4 Å². The lowest BCUT2D eigenvalue weighted by atomic mass is 10.3. The Kier molecular flexibility index (Phi) is 7.30. The van der Waals surface area contributed by atoms with Gasteiger partial charge in [0.2, 0.25) is 5.96 Å². The fraction of sp³-hybridized carbons (Fsp3) is 0.273. The van der Waals surface area contributed by atoms with Crippen LogP contribution < -0.4 is 21.9 Å². The van der Waals surface area contributed by atoms with Crippen molar-refractivity contribution in [1.29, 1.82) is 0 Å². The summed E-state index contributed by atoms with van der Waals surface area (Å²) in [6, 6.07) is 9.48. The van der Waals surface area contributed by atoms with Crippen molar-refractivity contribution in [3.05, 3.63) is 30.3 Å². The number of rotatable bonds is 4. The SMILES string of the molecule is CC(CN=C(N)N=C(N)N)Oc1ccccc1.Cl. The van der Waals surface area contributed by atoms with Crippen molar-refractivity contribution in [2.75, 3.05) is 6.54 Å². The van der Waals surface area contributed by atoms with Gasteiger partial charge in [-0.3, -0.25) is 0 Å². The molecule has 0 heterocycles. The Bertz CT molecular complexity index is 403. The fourth-order valence-corrected chi connectivity index (χ4v) is 1.16. The minimum absolute atomic E-state index is 0. The molecule has 0 amide bonds. The molecule has 0 aromatic heterocycles. The number of aliphatic imine (C=N–C) groups is 2. The van der Waals surface area contributed by atoms with Crippen LogP contribution in [0.5, 0.6) is 5.75 Å². The maximum Gasteiger partial charge on any atom is 0.218 e. The summed E-state index contributed by atoms with van der Waals surface area (Å²) in [4.78, 5) is 7.58. The highest BCUT2D eigenvalue weighted by Crippen LogP contribution is 2.10. The highest BCUT2D eigenvalue weighted by Gasteiger charge is 2.02. The van der Waals surface area contributed by atoms with E-state index in [1.54, 1.807) is 0 Å². The summed E-state index contributed by atoms with van der Waals surface area (Å²) in [5.41, 5.74) is 15.8. The van der Waals surface area contributed by atoms with Gasteiger partial charge in [-0.05, 0) is 19.1 Å². The summed E-state index contributed by atoms with van der Waals surface area (Å²) in [6.45, 7) is 2.27. The van der Waals surface area contributed by atoms with Crippen molar-refractivity contribution in [1.82, 2.24) is 0 Å². The number of benzene rings is 1. The Morgan fingerprint density at radius 2 is 1.83 bits per heavy atom. The van der Waals surface area contributed by atoms with Crippen LogP contribution in [0.1, 0.15) is 6.92 Å². The molecule has 0 radical (unpaired) electrons. The van der Waals surface area contributed by atoms with Gasteiger partial charge in [0, 0.05) is 0 Å². The van der Waals surface area contributed by atoms with E-state index in [0.717, 1.165) is 5.75 Å². The summed E-state index contributed by atoms with van der Waals surface area (Å²) in [5, 5.41) is 0. The first kappa shape index (κ1) is 16.1. The van der Waals surface area contributed by atoms with E-state index in [4.69, 9.17) is 21.9 Å². The minimum atomic E-state index is -0.108. The fourth-order valence-electron chi connectivity index (χ4n) is 1.16. The van der Waals surface area contributed by atoms with Crippen LogP contribution in [0.4, 0.5) is 0 Å². The number of nitrogens with two attached hydrogens (primary N) is 3. The van der Waals surface area contributed by atoms with Crippen molar-refractivity contribution in [2.24, 2.45) is 27.2 Å². The van der Waals surface area contributed by atoms with Crippen LogP contribution in [-0.4, -0.2) is 24.6 Å². The molecule has 0 aliphatic rings. The molecule has 7 heteroatoms. The number of guanidine groups is 2. The van der Waals surface area contributed by atoms with Crippen LogP contribution in [0.25, 0.3) is 0 Å². The van der Waals surface area contributed by atoms with Gasteiger partial charge in [-0.1, -0.05) is 18.2 Å². The molecule has 0 bridgehead atoms. The molecule has 6 nitrogen and oxygen atoms in total. The Morgan fingerprint density at radius 3 is 2.39 bits per heavy atom. The zero-order valence-electron chi connectivity index (χ0n) is 10.1. The quantitative estimate of drug-likeness (QED) is 0.545. The van der Waals surface area contributed by atoms with Gasteiger partial charge in [0.15, 0.2) is 5.96 Å². The molecule has 0 spiro atoms. The summed E-state index contributed by atoms with van der Waals surface area (Å²) in [6.07, 6.45) is -0.106. The van der Waals surface area contributed by atoms with Gasteiger partial charge in [-0.2, -0.15) is 4.99 Å². The first-order valence-electron chi connectivity index (χ1n) is 5.19. The predicted octanol–water partition coefficient (Wildman–Crippen LogP) is 0.464. The molecule has 1 aromatic rings. The van der Waals surface area contributed by atoms with E-state index in [2.05, 4.69) is 9.98 Å². The highest BCUT2D eigenvalue weighted by atomic mass is 35.5. The third-order valence-electron chi connectivity index (χ3n) is 1.83. The lowest BCUT2D eigenvalue weighted by Crippen LogP contribution is -2.27. The largest absolute Gasteiger partial charge is 0.489 e. The van der Waals surface area contributed by atoms with E-state index >= 15 is 0 Å². The van der Waals surface area contributed by atoms with E-state index in [9.17, 15) is 0 Å². The number of nitrogens with zero attached hydrogens (tertiary/aromatic N) is 2. The van der Waals surface area contributed by atoms with Gasteiger partial charge in [-0.25, -0.2) is 4.99 Å².